The molecule has 2 rings (SSSR count). The van der Waals surface area contributed by atoms with Gasteiger partial charge in [0.15, 0.2) is 0 Å². The van der Waals surface area contributed by atoms with Gasteiger partial charge in [-0.05, 0) is 30.9 Å². The van der Waals surface area contributed by atoms with Gasteiger partial charge in [-0.3, -0.25) is 29.8 Å². The number of amides is 2. The Balaban J connectivity index is 2.38. The summed E-state index contributed by atoms with van der Waals surface area (Å²) in [5.74, 6) is -1.05. The second-order valence-corrected chi connectivity index (χ2v) is 7.73. The van der Waals surface area contributed by atoms with Crippen molar-refractivity contribution in [3.8, 4) is 0 Å². The third-order valence-corrected chi connectivity index (χ3v) is 4.68. The number of anilines is 1. The van der Waals surface area contributed by atoms with Gasteiger partial charge in [0.1, 0.15) is 6.04 Å². The molecule has 0 aromatic heterocycles. The van der Waals surface area contributed by atoms with E-state index in [4.69, 9.17) is 0 Å². The molecule has 2 aromatic rings. The molecule has 2 aromatic carbocycles. The molecule has 10 heteroatoms. The number of hydrogen-bond donors (Lipinski definition) is 1. The second-order valence-electron chi connectivity index (χ2n) is 7.73. The number of carbonyl (C=O) groups is 2. The largest absolute Gasteiger partial charge is 0.340 e. The van der Waals surface area contributed by atoms with Crippen molar-refractivity contribution >= 4 is 28.9 Å². The first kappa shape index (κ1) is 24.4. The number of nitrogens with zero attached hydrogens (tertiary/aromatic N) is 3. The van der Waals surface area contributed by atoms with E-state index in [1.54, 1.807) is 17.0 Å². The zero-order chi connectivity index (χ0) is 23.8. The van der Waals surface area contributed by atoms with Crippen molar-refractivity contribution in [3.05, 3.63) is 74.3 Å². The first-order valence-electron chi connectivity index (χ1n) is 10.2. The molecule has 0 radical (unpaired) electrons. The molecule has 0 bridgehead atoms. The van der Waals surface area contributed by atoms with Crippen LogP contribution in [0.1, 0.15) is 44.0 Å². The van der Waals surface area contributed by atoms with Crippen LogP contribution in [0.5, 0.6) is 0 Å². The molecule has 1 unspecified atom stereocenters. The van der Waals surface area contributed by atoms with Crippen LogP contribution in [0.3, 0.4) is 0 Å². The zero-order valence-electron chi connectivity index (χ0n) is 18.2. The SMILES string of the molecule is CCCN(C(=O)C(CC(C)C)NC(=O)c1cc([N+](=O)[O-])cc([N+](=O)[O-])c1)c1ccccc1. The Morgan fingerprint density at radius 1 is 1.00 bits per heavy atom. The van der Waals surface area contributed by atoms with Gasteiger partial charge in [-0.1, -0.05) is 39.0 Å². The van der Waals surface area contributed by atoms with Gasteiger partial charge < -0.3 is 10.2 Å². The fourth-order valence-corrected chi connectivity index (χ4v) is 3.26. The zero-order valence-corrected chi connectivity index (χ0v) is 18.2. The van der Waals surface area contributed by atoms with Crippen LogP contribution in [-0.4, -0.2) is 34.2 Å². The van der Waals surface area contributed by atoms with Crippen LogP contribution in [0.2, 0.25) is 0 Å². The van der Waals surface area contributed by atoms with E-state index in [9.17, 15) is 29.8 Å². The Kier molecular flexibility index (Phi) is 8.39. The summed E-state index contributed by atoms with van der Waals surface area (Å²) in [6.07, 6.45) is 1.02. The highest BCUT2D eigenvalue weighted by molar-refractivity contribution is 6.02. The van der Waals surface area contributed by atoms with Gasteiger partial charge in [0, 0.05) is 24.4 Å². The Bertz CT molecular complexity index is 961. The van der Waals surface area contributed by atoms with Crippen LogP contribution in [0, 0.1) is 26.1 Å². The predicted molar refractivity (Wildman–Crippen MR) is 120 cm³/mol. The van der Waals surface area contributed by atoms with Crippen LogP contribution >= 0.6 is 0 Å². The lowest BCUT2D eigenvalue weighted by Gasteiger charge is -2.28. The molecular weight excluding hydrogens is 416 g/mol. The monoisotopic (exact) mass is 442 g/mol. The Morgan fingerprint density at radius 3 is 2.03 bits per heavy atom. The Morgan fingerprint density at radius 2 is 1.56 bits per heavy atom. The molecule has 0 aliphatic carbocycles. The molecule has 0 fully saturated rings. The summed E-state index contributed by atoms with van der Waals surface area (Å²) < 4.78 is 0. The highest BCUT2D eigenvalue weighted by atomic mass is 16.6. The fourth-order valence-electron chi connectivity index (χ4n) is 3.26. The van der Waals surface area contributed by atoms with Crippen molar-refractivity contribution < 1.29 is 19.4 Å². The summed E-state index contributed by atoms with van der Waals surface area (Å²) in [4.78, 5) is 48.5. The minimum atomic E-state index is -0.910. The van der Waals surface area contributed by atoms with Crippen LogP contribution < -0.4 is 10.2 Å². The molecule has 1 atom stereocenters. The van der Waals surface area contributed by atoms with Gasteiger partial charge >= 0.3 is 0 Å². The summed E-state index contributed by atoms with van der Waals surface area (Å²) in [5, 5.41) is 24.9. The third-order valence-electron chi connectivity index (χ3n) is 4.68. The average Bonchev–Trinajstić information content (AvgIpc) is 2.76. The van der Waals surface area contributed by atoms with Crippen molar-refractivity contribution in [1.29, 1.82) is 0 Å². The molecule has 2 amide bonds. The van der Waals surface area contributed by atoms with Crippen LogP contribution in [0.4, 0.5) is 17.1 Å². The molecule has 10 nitrogen and oxygen atoms in total. The summed E-state index contributed by atoms with van der Waals surface area (Å²) in [6, 6.07) is 10.8. The fraction of sp³-hybridized carbons (Fsp3) is 0.364. The molecule has 0 saturated heterocycles. The summed E-state index contributed by atoms with van der Waals surface area (Å²) in [5.41, 5.74) is -0.719. The quantitative estimate of drug-likeness (QED) is 0.435. The van der Waals surface area contributed by atoms with Gasteiger partial charge in [0.2, 0.25) is 5.91 Å². The van der Waals surface area contributed by atoms with E-state index in [2.05, 4.69) is 5.32 Å². The van der Waals surface area contributed by atoms with Crippen LogP contribution in [0.25, 0.3) is 0 Å². The number of non-ortho nitro benzene ring substituents is 2. The first-order chi connectivity index (χ1) is 15.1. The van der Waals surface area contributed by atoms with E-state index in [0.29, 0.717) is 25.1 Å². The second kappa shape index (κ2) is 11.0. The number of hydrogen-bond acceptors (Lipinski definition) is 6. The molecular formula is C22H26N4O6. The normalized spacial score (nSPS) is 11.6. The third kappa shape index (κ3) is 6.34. The van der Waals surface area contributed by atoms with Gasteiger partial charge in [0.25, 0.3) is 17.3 Å². The van der Waals surface area contributed by atoms with Crippen molar-refractivity contribution in [3.63, 3.8) is 0 Å². The Hall–Kier alpha value is -3.82. The number of nitro groups is 2. The minimum absolute atomic E-state index is 0.0583. The lowest BCUT2D eigenvalue weighted by Crippen LogP contribution is -2.49. The van der Waals surface area contributed by atoms with Crippen molar-refractivity contribution in [2.75, 3.05) is 11.4 Å². The summed E-state index contributed by atoms with van der Waals surface area (Å²) >= 11 is 0. The summed E-state index contributed by atoms with van der Waals surface area (Å²) in [7, 11) is 0. The molecule has 0 aliphatic heterocycles. The van der Waals surface area contributed by atoms with Gasteiger partial charge in [-0.25, -0.2) is 0 Å². The topological polar surface area (TPSA) is 136 Å². The van der Waals surface area contributed by atoms with Gasteiger partial charge in [0.05, 0.1) is 21.5 Å². The molecule has 0 saturated carbocycles. The number of para-hydroxylation sites is 1. The molecule has 32 heavy (non-hydrogen) atoms. The van der Waals surface area contributed by atoms with E-state index in [0.717, 1.165) is 18.2 Å². The number of nitrogens with one attached hydrogen (secondary N) is 1. The molecule has 0 aliphatic rings. The minimum Gasteiger partial charge on any atom is -0.340 e. The van der Waals surface area contributed by atoms with Gasteiger partial charge in [-0.2, -0.15) is 0 Å². The number of carbonyl (C=O) groups excluding carboxylic acids is 2. The van der Waals surface area contributed by atoms with E-state index in [1.807, 2.05) is 39.0 Å². The number of nitro benzene ring substituents is 2. The lowest BCUT2D eigenvalue weighted by molar-refractivity contribution is -0.394. The maximum absolute atomic E-state index is 13.4. The average molecular weight is 442 g/mol. The maximum atomic E-state index is 13.4. The standard InChI is InChI=1S/C22H26N4O6/c1-4-10-24(17-8-6-5-7-9-17)22(28)20(11-15(2)3)23-21(27)16-12-18(25(29)30)14-19(13-16)26(31)32/h5-9,12-15,20H,4,10-11H2,1-3H3,(H,23,27). The molecule has 0 spiro atoms. The maximum Gasteiger partial charge on any atom is 0.277 e. The van der Waals surface area contributed by atoms with Crippen LogP contribution in [0.15, 0.2) is 48.5 Å². The van der Waals surface area contributed by atoms with E-state index in [-0.39, 0.29) is 17.4 Å². The van der Waals surface area contributed by atoms with E-state index in [1.165, 1.54) is 0 Å². The Labute approximate surface area is 185 Å². The van der Waals surface area contributed by atoms with Crippen molar-refractivity contribution in [1.82, 2.24) is 5.32 Å². The van der Waals surface area contributed by atoms with Crippen molar-refractivity contribution in [2.24, 2.45) is 5.92 Å². The first-order valence-corrected chi connectivity index (χ1v) is 10.2. The predicted octanol–water partition coefficient (Wildman–Crippen LogP) is 4.09. The van der Waals surface area contributed by atoms with Crippen LogP contribution in [-0.2, 0) is 4.79 Å². The lowest BCUT2D eigenvalue weighted by atomic mass is 10.0. The summed E-state index contributed by atoms with van der Waals surface area (Å²) in [6.45, 7) is 6.17. The van der Waals surface area contributed by atoms with Gasteiger partial charge in [-0.15, -0.1) is 0 Å². The highest BCUT2D eigenvalue weighted by Gasteiger charge is 2.29. The number of rotatable bonds is 10. The molecule has 1 N–H and O–H groups in total. The van der Waals surface area contributed by atoms with E-state index < -0.39 is 33.2 Å². The van der Waals surface area contributed by atoms with E-state index >= 15 is 0 Å². The molecule has 170 valence electrons. The number of benzene rings is 2. The highest BCUT2D eigenvalue weighted by Crippen LogP contribution is 2.23. The molecule has 0 heterocycles. The van der Waals surface area contributed by atoms with Crippen molar-refractivity contribution in [2.45, 2.75) is 39.7 Å². The smallest absolute Gasteiger partial charge is 0.277 e.